The number of thiazole rings is 1. The molecule has 0 fully saturated rings. The van der Waals surface area contributed by atoms with Gasteiger partial charge in [0.1, 0.15) is 6.61 Å². The zero-order valence-corrected chi connectivity index (χ0v) is 19.4. The van der Waals surface area contributed by atoms with Crippen molar-refractivity contribution in [1.82, 2.24) is 4.57 Å². The molecule has 1 atom stereocenters. The molecule has 0 bridgehead atoms. The number of carbonyl (C=O) groups is 1. The number of fused-ring (bicyclic) bond motifs is 1. The van der Waals surface area contributed by atoms with Gasteiger partial charge in [-0.15, -0.1) is 0 Å². The molecule has 162 valence electrons. The number of halogens is 2. The van der Waals surface area contributed by atoms with E-state index in [0.717, 1.165) is 11.1 Å². The lowest BCUT2D eigenvalue weighted by Crippen LogP contribution is -2.39. The van der Waals surface area contributed by atoms with Crippen molar-refractivity contribution in [2.75, 3.05) is 6.61 Å². The quantitative estimate of drug-likeness (QED) is 0.401. The molecule has 8 heteroatoms. The zero-order valence-electron chi connectivity index (χ0n) is 17.0. The molecule has 3 aromatic rings. The van der Waals surface area contributed by atoms with Gasteiger partial charge in [-0.1, -0.05) is 83.6 Å². The molecule has 2 aromatic carbocycles. The van der Waals surface area contributed by atoms with Crippen molar-refractivity contribution in [3.05, 3.63) is 113 Å². The number of rotatable bonds is 5. The van der Waals surface area contributed by atoms with E-state index in [0.29, 0.717) is 30.6 Å². The van der Waals surface area contributed by atoms with Gasteiger partial charge in [0.25, 0.3) is 5.56 Å². The topological polar surface area (TPSA) is 60.7 Å². The number of carbonyl (C=O) groups excluding carboxylic acids is 1. The second-order valence-corrected chi connectivity index (χ2v) is 8.88. The van der Waals surface area contributed by atoms with Crippen molar-refractivity contribution in [3.63, 3.8) is 0 Å². The van der Waals surface area contributed by atoms with E-state index in [1.807, 2.05) is 30.3 Å². The minimum Gasteiger partial charge on any atom is -0.458 e. The zero-order chi connectivity index (χ0) is 22.8. The van der Waals surface area contributed by atoms with Crippen LogP contribution in [0.25, 0.3) is 6.08 Å². The normalized spacial score (nSPS) is 15.8. The average Bonchev–Trinajstić information content (AvgIpc) is 3.08. The summed E-state index contributed by atoms with van der Waals surface area (Å²) in [5, 5.41) is 0.839. The molecule has 0 saturated heterocycles. The van der Waals surface area contributed by atoms with Gasteiger partial charge >= 0.3 is 5.97 Å². The standard InChI is InChI=1S/C24H18Cl2N2O3S/c1-3-11-31-23(30)20-14(2)27-24-28(21(20)16-7-5-4-6-8-16)22(29)19(32-24)13-15-9-10-17(25)18(26)12-15/h3-10,12-13,21H,1,11H2,2H3/b19-13-/t21-/m0/s1. The maximum atomic E-state index is 13.5. The maximum absolute atomic E-state index is 13.5. The van der Waals surface area contributed by atoms with Crippen LogP contribution in [-0.2, 0) is 9.53 Å². The van der Waals surface area contributed by atoms with Crippen molar-refractivity contribution in [1.29, 1.82) is 0 Å². The Bertz CT molecular complexity index is 1420. The first-order valence-corrected chi connectivity index (χ1v) is 11.3. The van der Waals surface area contributed by atoms with Crippen molar-refractivity contribution < 1.29 is 9.53 Å². The van der Waals surface area contributed by atoms with Gasteiger partial charge in [0.05, 0.1) is 31.9 Å². The third-order valence-electron chi connectivity index (χ3n) is 4.93. The van der Waals surface area contributed by atoms with E-state index in [1.54, 1.807) is 35.8 Å². The van der Waals surface area contributed by atoms with E-state index < -0.39 is 12.0 Å². The van der Waals surface area contributed by atoms with E-state index in [1.165, 1.54) is 17.4 Å². The third kappa shape index (κ3) is 4.21. The molecule has 0 N–H and O–H groups in total. The van der Waals surface area contributed by atoms with E-state index in [9.17, 15) is 9.59 Å². The third-order valence-corrected chi connectivity index (χ3v) is 6.65. The summed E-state index contributed by atoms with van der Waals surface area (Å²) in [6, 6.07) is 13.9. The van der Waals surface area contributed by atoms with Gasteiger partial charge in [-0.25, -0.2) is 9.79 Å². The Morgan fingerprint density at radius 2 is 1.97 bits per heavy atom. The molecule has 1 aliphatic rings. The van der Waals surface area contributed by atoms with Gasteiger partial charge in [0.2, 0.25) is 0 Å². The highest BCUT2D eigenvalue weighted by Crippen LogP contribution is 2.30. The molecule has 2 heterocycles. The minimum atomic E-state index is -0.652. The van der Waals surface area contributed by atoms with Crippen LogP contribution in [0.5, 0.6) is 0 Å². The fourth-order valence-electron chi connectivity index (χ4n) is 3.50. The van der Waals surface area contributed by atoms with E-state index in [4.69, 9.17) is 27.9 Å². The molecule has 32 heavy (non-hydrogen) atoms. The number of hydrogen-bond acceptors (Lipinski definition) is 5. The lowest BCUT2D eigenvalue weighted by Gasteiger charge is -2.24. The number of esters is 1. The van der Waals surface area contributed by atoms with Crippen LogP contribution in [-0.4, -0.2) is 17.1 Å². The van der Waals surface area contributed by atoms with Gasteiger partial charge in [-0.2, -0.15) is 0 Å². The Labute approximate surface area is 198 Å². The summed E-state index contributed by atoms with van der Waals surface area (Å²) < 4.78 is 7.32. The summed E-state index contributed by atoms with van der Waals surface area (Å²) in [7, 11) is 0. The number of aromatic nitrogens is 1. The van der Waals surface area contributed by atoms with Crippen LogP contribution in [0.3, 0.4) is 0 Å². The molecule has 0 unspecified atom stereocenters. The SMILES string of the molecule is C=CCOC(=O)C1=C(C)N=c2s/c(=C\c3ccc(Cl)c(Cl)c3)c(=O)n2[C@H]1c1ccccc1. The van der Waals surface area contributed by atoms with E-state index in [-0.39, 0.29) is 12.2 Å². The van der Waals surface area contributed by atoms with Crippen LogP contribution in [0.1, 0.15) is 24.1 Å². The largest absolute Gasteiger partial charge is 0.458 e. The van der Waals surface area contributed by atoms with Gasteiger partial charge in [-0.3, -0.25) is 9.36 Å². The monoisotopic (exact) mass is 484 g/mol. The maximum Gasteiger partial charge on any atom is 0.338 e. The number of ether oxygens (including phenoxy) is 1. The molecule has 0 aliphatic carbocycles. The highest BCUT2D eigenvalue weighted by molar-refractivity contribution is 7.07. The van der Waals surface area contributed by atoms with Gasteiger partial charge in [0.15, 0.2) is 4.80 Å². The number of hydrogen-bond donors (Lipinski definition) is 0. The molecule has 0 spiro atoms. The lowest BCUT2D eigenvalue weighted by atomic mass is 9.96. The summed E-state index contributed by atoms with van der Waals surface area (Å²) in [5.41, 5.74) is 2.11. The fraction of sp³-hybridized carbons (Fsp3) is 0.125. The van der Waals surface area contributed by atoms with Gasteiger partial charge < -0.3 is 4.74 Å². The van der Waals surface area contributed by atoms with Crippen molar-refractivity contribution >= 4 is 46.6 Å². The number of nitrogens with zero attached hydrogens (tertiary/aromatic N) is 2. The second-order valence-electron chi connectivity index (χ2n) is 7.05. The number of allylic oxidation sites excluding steroid dienone is 1. The Hall–Kier alpha value is -2.93. The molecule has 0 radical (unpaired) electrons. The molecule has 5 nitrogen and oxygen atoms in total. The highest BCUT2D eigenvalue weighted by atomic mass is 35.5. The first kappa shape index (κ1) is 22.3. The smallest absolute Gasteiger partial charge is 0.338 e. The molecular formula is C24H18Cl2N2O3S. The summed E-state index contributed by atoms with van der Waals surface area (Å²) in [5.74, 6) is -0.529. The Morgan fingerprint density at radius 1 is 1.22 bits per heavy atom. The van der Waals surface area contributed by atoms with Crippen LogP contribution < -0.4 is 14.9 Å². The van der Waals surface area contributed by atoms with Crippen molar-refractivity contribution in [2.45, 2.75) is 13.0 Å². The van der Waals surface area contributed by atoms with Crippen LogP contribution in [0.15, 0.2) is 82.2 Å². The fourth-order valence-corrected chi connectivity index (χ4v) is 4.85. The predicted octanol–water partition coefficient (Wildman–Crippen LogP) is 4.27. The van der Waals surface area contributed by atoms with Crippen LogP contribution in [0.4, 0.5) is 0 Å². The van der Waals surface area contributed by atoms with E-state index >= 15 is 0 Å². The van der Waals surface area contributed by atoms with Crippen molar-refractivity contribution in [2.24, 2.45) is 4.99 Å². The second kappa shape index (κ2) is 9.28. The molecular weight excluding hydrogens is 467 g/mol. The van der Waals surface area contributed by atoms with Crippen LogP contribution in [0, 0.1) is 0 Å². The number of benzene rings is 2. The lowest BCUT2D eigenvalue weighted by molar-refractivity contribution is -0.138. The Kier molecular flexibility index (Phi) is 6.46. The van der Waals surface area contributed by atoms with Crippen LogP contribution >= 0.6 is 34.5 Å². The molecule has 0 amide bonds. The molecule has 0 saturated carbocycles. The molecule has 1 aliphatic heterocycles. The first-order chi connectivity index (χ1) is 15.4. The molecule has 4 rings (SSSR count). The van der Waals surface area contributed by atoms with Crippen LogP contribution in [0.2, 0.25) is 10.0 Å². The van der Waals surface area contributed by atoms with Gasteiger partial charge in [0, 0.05) is 0 Å². The highest BCUT2D eigenvalue weighted by Gasteiger charge is 2.33. The predicted molar refractivity (Wildman–Crippen MR) is 128 cm³/mol. The van der Waals surface area contributed by atoms with Crippen molar-refractivity contribution in [3.8, 4) is 0 Å². The summed E-state index contributed by atoms with van der Waals surface area (Å²) in [4.78, 5) is 31.4. The Balaban J connectivity index is 1.92. The molecule has 1 aromatic heterocycles. The van der Waals surface area contributed by atoms with Gasteiger partial charge in [-0.05, 0) is 36.3 Å². The Morgan fingerprint density at radius 3 is 2.66 bits per heavy atom. The summed E-state index contributed by atoms with van der Waals surface area (Å²) in [6.07, 6.45) is 3.24. The average molecular weight is 485 g/mol. The van der Waals surface area contributed by atoms with E-state index in [2.05, 4.69) is 11.6 Å². The summed E-state index contributed by atoms with van der Waals surface area (Å²) in [6.45, 7) is 5.40. The minimum absolute atomic E-state index is 0.0683. The first-order valence-electron chi connectivity index (χ1n) is 9.71. The summed E-state index contributed by atoms with van der Waals surface area (Å²) >= 11 is 13.4.